The Balaban J connectivity index is 1.64. The van der Waals surface area contributed by atoms with Crippen LogP contribution in [0.2, 0.25) is 5.02 Å². The number of rotatable bonds is 4. The van der Waals surface area contributed by atoms with Crippen LogP contribution in [0.1, 0.15) is 23.7 Å². The summed E-state index contributed by atoms with van der Waals surface area (Å²) < 4.78 is 47.4. The van der Waals surface area contributed by atoms with E-state index < -0.39 is 36.8 Å². The quantitative estimate of drug-likeness (QED) is 0.540. The number of benzene rings is 2. The lowest BCUT2D eigenvalue weighted by molar-refractivity contribution is -0.0104. The highest BCUT2D eigenvalue weighted by Crippen LogP contribution is 2.41. The van der Waals surface area contributed by atoms with Crippen molar-refractivity contribution in [3.8, 4) is 5.75 Å². The lowest BCUT2D eigenvalue weighted by atomic mass is 9.88. The zero-order chi connectivity index (χ0) is 22.2. The number of nitrogens with zero attached hydrogens (tertiary/aromatic N) is 1. The van der Waals surface area contributed by atoms with E-state index in [9.17, 15) is 18.0 Å². The first-order valence-electron chi connectivity index (χ1n) is 9.57. The van der Waals surface area contributed by atoms with Crippen LogP contribution < -0.4 is 15.4 Å². The van der Waals surface area contributed by atoms with E-state index >= 15 is 0 Å². The van der Waals surface area contributed by atoms with Crippen molar-refractivity contribution in [3.05, 3.63) is 64.7 Å². The minimum Gasteiger partial charge on any atom is -0.481 e. The topological polar surface area (TPSA) is 63.2 Å². The summed E-state index contributed by atoms with van der Waals surface area (Å²) >= 11 is 5.99. The molecular formula is C22H19ClF3N3O2. The minimum absolute atomic E-state index is 0.00821. The largest absolute Gasteiger partial charge is 0.481 e. The molecule has 31 heavy (non-hydrogen) atoms. The van der Waals surface area contributed by atoms with Crippen molar-refractivity contribution in [1.82, 2.24) is 10.3 Å². The number of anilines is 1. The molecule has 0 spiro atoms. The molecule has 0 radical (unpaired) electrons. The first-order chi connectivity index (χ1) is 14.8. The van der Waals surface area contributed by atoms with E-state index in [1.54, 1.807) is 37.4 Å². The van der Waals surface area contributed by atoms with Gasteiger partial charge in [0.1, 0.15) is 24.9 Å². The van der Waals surface area contributed by atoms with E-state index in [1.165, 1.54) is 12.1 Å². The highest BCUT2D eigenvalue weighted by Gasteiger charge is 2.42. The monoisotopic (exact) mass is 449 g/mol. The number of urea groups is 1. The second-order valence-corrected chi connectivity index (χ2v) is 8.00. The predicted octanol–water partition coefficient (Wildman–Crippen LogP) is 5.66. The molecule has 3 aromatic rings. The summed E-state index contributed by atoms with van der Waals surface area (Å²) in [6, 6.07) is 7.63. The normalized spacial score (nSPS) is 17.0. The minimum atomic E-state index is -1.73. The molecule has 9 heteroatoms. The number of amides is 2. The van der Waals surface area contributed by atoms with Crippen molar-refractivity contribution < 1.29 is 22.7 Å². The number of nitrogens with one attached hydrogen (secondary N) is 2. The summed E-state index contributed by atoms with van der Waals surface area (Å²) in [6.45, 7) is -0.412. The van der Waals surface area contributed by atoms with Crippen molar-refractivity contribution in [1.29, 1.82) is 0 Å². The van der Waals surface area contributed by atoms with Crippen LogP contribution >= 0.6 is 11.6 Å². The molecule has 0 saturated carbocycles. The second kappa shape index (κ2) is 8.26. The lowest BCUT2D eigenvalue weighted by Gasteiger charge is -2.39. The molecule has 0 unspecified atom stereocenters. The number of hydrogen-bond acceptors (Lipinski definition) is 3. The molecule has 2 aromatic carbocycles. The summed E-state index contributed by atoms with van der Waals surface area (Å²) in [5.41, 5.74) is -0.558. The van der Waals surface area contributed by atoms with Gasteiger partial charge in [-0.15, -0.1) is 0 Å². The lowest BCUT2D eigenvalue weighted by Crippen LogP contribution is -2.49. The number of pyridine rings is 1. The molecule has 2 N–H and O–H groups in total. The molecule has 2 amide bonds. The Morgan fingerprint density at radius 2 is 2.03 bits per heavy atom. The molecule has 1 aliphatic rings. The SMILES string of the molecule is Cc1cc2c(NC(=O)N[C@@H]3CC(CF)(CF)Oc4cc(Cl)ccc43)c(F)ccc2cn1. The summed E-state index contributed by atoms with van der Waals surface area (Å²) in [5, 5.41) is 6.69. The number of carbonyl (C=O) groups is 1. The molecule has 1 atom stereocenters. The average Bonchev–Trinajstić information content (AvgIpc) is 2.75. The molecule has 0 bridgehead atoms. The highest BCUT2D eigenvalue weighted by molar-refractivity contribution is 6.30. The van der Waals surface area contributed by atoms with E-state index in [-0.39, 0.29) is 17.9 Å². The number of carbonyl (C=O) groups excluding carboxylic acids is 1. The van der Waals surface area contributed by atoms with Gasteiger partial charge in [0.2, 0.25) is 0 Å². The molecule has 1 aliphatic heterocycles. The van der Waals surface area contributed by atoms with E-state index in [0.717, 1.165) is 0 Å². The smallest absolute Gasteiger partial charge is 0.319 e. The van der Waals surface area contributed by atoms with Gasteiger partial charge < -0.3 is 15.4 Å². The van der Waals surface area contributed by atoms with E-state index in [1.807, 2.05) is 0 Å². The Morgan fingerprint density at radius 3 is 2.77 bits per heavy atom. The van der Waals surface area contributed by atoms with E-state index in [0.29, 0.717) is 27.1 Å². The number of alkyl halides is 2. The van der Waals surface area contributed by atoms with Gasteiger partial charge in [-0.3, -0.25) is 4.98 Å². The zero-order valence-corrected chi connectivity index (χ0v) is 17.3. The van der Waals surface area contributed by atoms with Crippen LogP contribution in [-0.4, -0.2) is 30.0 Å². The fraction of sp³-hybridized carbons (Fsp3) is 0.273. The van der Waals surface area contributed by atoms with Gasteiger partial charge in [-0.05, 0) is 37.3 Å². The maximum atomic E-state index is 14.5. The van der Waals surface area contributed by atoms with Crippen LogP contribution in [0.4, 0.5) is 23.7 Å². The van der Waals surface area contributed by atoms with Crippen molar-refractivity contribution in [2.75, 3.05) is 18.7 Å². The van der Waals surface area contributed by atoms with Crippen LogP contribution in [0.25, 0.3) is 10.8 Å². The molecular weight excluding hydrogens is 431 g/mol. The number of aromatic nitrogens is 1. The fourth-order valence-corrected chi connectivity index (χ4v) is 3.86. The Kier molecular flexibility index (Phi) is 5.66. The summed E-state index contributed by atoms with van der Waals surface area (Å²) in [5.74, 6) is -0.424. The average molecular weight is 450 g/mol. The number of ether oxygens (including phenoxy) is 1. The van der Waals surface area contributed by atoms with Crippen LogP contribution in [0.5, 0.6) is 5.75 Å². The van der Waals surface area contributed by atoms with Gasteiger partial charge in [0.05, 0.1) is 11.7 Å². The summed E-state index contributed by atoms with van der Waals surface area (Å²) in [6.07, 6.45) is 1.45. The Morgan fingerprint density at radius 1 is 1.26 bits per heavy atom. The number of aryl methyl sites for hydroxylation is 1. The third kappa shape index (κ3) is 4.12. The molecule has 0 saturated heterocycles. The number of fused-ring (bicyclic) bond motifs is 2. The molecule has 1 aromatic heterocycles. The highest BCUT2D eigenvalue weighted by atomic mass is 35.5. The zero-order valence-electron chi connectivity index (χ0n) is 16.5. The van der Waals surface area contributed by atoms with E-state index in [4.69, 9.17) is 16.3 Å². The molecule has 162 valence electrons. The molecule has 2 heterocycles. The Labute approximate surface area is 181 Å². The standard InChI is InChI=1S/C22H19ClF3N3O2/c1-12-6-16-13(9-27-12)2-5-17(26)20(16)29-21(30)28-18-8-22(10-24,11-25)31-19-7-14(23)3-4-15(18)19/h2-7,9,18H,8,10-11H2,1H3,(H2,28,29,30)/t18-/m1/s1. The van der Waals surface area contributed by atoms with Crippen molar-refractivity contribution in [2.45, 2.75) is 25.0 Å². The van der Waals surface area contributed by atoms with Crippen LogP contribution in [0, 0.1) is 12.7 Å². The molecule has 0 fully saturated rings. The van der Waals surface area contributed by atoms with Crippen LogP contribution in [-0.2, 0) is 0 Å². The van der Waals surface area contributed by atoms with Gasteiger partial charge in [0.25, 0.3) is 0 Å². The third-order valence-corrected chi connectivity index (χ3v) is 5.51. The second-order valence-electron chi connectivity index (χ2n) is 7.56. The van der Waals surface area contributed by atoms with Gasteiger partial charge >= 0.3 is 6.03 Å². The Hall–Kier alpha value is -3.00. The van der Waals surface area contributed by atoms with Gasteiger partial charge in [0.15, 0.2) is 5.60 Å². The van der Waals surface area contributed by atoms with Crippen LogP contribution in [0.15, 0.2) is 42.6 Å². The molecule has 4 rings (SSSR count). The van der Waals surface area contributed by atoms with Gasteiger partial charge in [-0.1, -0.05) is 17.7 Å². The maximum absolute atomic E-state index is 14.5. The Bertz CT molecular complexity index is 1150. The van der Waals surface area contributed by atoms with Crippen molar-refractivity contribution in [3.63, 3.8) is 0 Å². The summed E-state index contributed by atoms with van der Waals surface area (Å²) in [7, 11) is 0. The fourth-order valence-electron chi connectivity index (χ4n) is 3.70. The van der Waals surface area contributed by atoms with Crippen molar-refractivity contribution in [2.24, 2.45) is 0 Å². The van der Waals surface area contributed by atoms with Gasteiger partial charge in [0, 0.05) is 39.7 Å². The molecule has 5 nitrogen and oxygen atoms in total. The first kappa shape index (κ1) is 21.2. The maximum Gasteiger partial charge on any atom is 0.319 e. The van der Waals surface area contributed by atoms with Crippen LogP contribution in [0.3, 0.4) is 0 Å². The summed E-state index contributed by atoms with van der Waals surface area (Å²) in [4.78, 5) is 16.9. The number of halogens is 4. The van der Waals surface area contributed by atoms with E-state index in [2.05, 4.69) is 15.6 Å². The van der Waals surface area contributed by atoms with Gasteiger partial charge in [-0.2, -0.15) is 0 Å². The first-order valence-corrected chi connectivity index (χ1v) is 9.95. The molecule has 0 aliphatic carbocycles. The van der Waals surface area contributed by atoms with Gasteiger partial charge in [-0.25, -0.2) is 18.0 Å². The van der Waals surface area contributed by atoms with Crippen molar-refractivity contribution >= 4 is 34.1 Å². The third-order valence-electron chi connectivity index (χ3n) is 5.27. The number of hydrogen-bond donors (Lipinski definition) is 2. The predicted molar refractivity (Wildman–Crippen MR) is 113 cm³/mol.